The Balaban J connectivity index is 3.09. The number of carbonyl (C=O) groups excluding carboxylic acids is 1. The van der Waals surface area contributed by atoms with Gasteiger partial charge in [-0.15, -0.1) is 0 Å². The van der Waals surface area contributed by atoms with Crippen LogP contribution in [0.4, 0.5) is 13.2 Å². The second-order valence-corrected chi connectivity index (χ2v) is 2.76. The van der Waals surface area contributed by atoms with E-state index in [1.54, 1.807) is 0 Å². The normalized spacial score (nSPS) is 11.2. The smallest absolute Gasteiger partial charge is 0.407 e. The maximum atomic E-state index is 12.2. The lowest BCUT2D eigenvalue weighted by atomic mass is 10.5. The van der Waals surface area contributed by atoms with Crippen molar-refractivity contribution in [2.24, 2.45) is 0 Å². The van der Waals surface area contributed by atoms with Crippen LogP contribution in [-0.4, -0.2) is 15.9 Å². The van der Waals surface area contributed by atoms with E-state index in [4.69, 9.17) is 0 Å². The number of H-pyrrole nitrogens is 1. The van der Waals surface area contributed by atoms with E-state index >= 15 is 0 Å². The van der Waals surface area contributed by atoms with Gasteiger partial charge < -0.3 is 9.72 Å². The molecule has 0 saturated carbocycles. The maximum Gasteiger partial charge on any atom is 0.449 e. The predicted molar refractivity (Wildman–Crippen MR) is 45.8 cm³/mol. The topological polar surface area (TPSA) is 72.1 Å². The summed E-state index contributed by atoms with van der Waals surface area (Å²) in [6.45, 7) is 1.46. The van der Waals surface area contributed by atoms with Gasteiger partial charge in [0.15, 0.2) is 0 Å². The first-order chi connectivity index (χ1) is 7.32. The van der Waals surface area contributed by atoms with Crippen molar-refractivity contribution >= 4 is 5.97 Å². The fraction of sp³-hybridized carbons (Fsp3) is 0.375. The van der Waals surface area contributed by atoms with Gasteiger partial charge in [0.1, 0.15) is 0 Å². The number of alkyl halides is 3. The zero-order valence-corrected chi connectivity index (χ0v) is 8.09. The summed E-state index contributed by atoms with van der Waals surface area (Å²) in [7, 11) is 0. The van der Waals surface area contributed by atoms with Crippen molar-refractivity contribution < 1.29 is 22.7 Å². The molecular weight excluding hydrogens is 229 g/mol. The fourth-order valence-corrected chi connectivity index (χ4v) is 0.811. The Morgan fingerprint density at radius 2 is 2.19 bits per heavy atom. The Kier molecular flexibility index (Phi) is 3.31. The minimum Gasteiger partial charge on any atom is -0.407 e. The van der Waals surface area contributed by atoms with Gasteiger partial charge in [-0.3, -0.25) is 9.59 Å². The van der Waals surface area contributed by atoms with Crippen molar-refractivity contribution in [1.29, 1.82) is 0 Å². The molecule has 8 heteroatoms. The number of aromatic nitrogens is 2. The number of hydrogen-bond acceptors (Lipinski definition) is 4. The van der Waals surface area contributed by atoms with Gasteiger partial charge in [0.2, 0.25) is 11.7 Å². The summed E-state index contributed by atoms with van der Waals surface area (Å²) in [5, 5.41) is 0. The highest BCUT2D eigenvalue weighted by Crippen LogP contribution is 2.25. The van der Waals surface area contributed by atoms with Crippen LogP contribution in [0.3, 0.4) is 0 Å². The summed E-state index contributed by atoms with van der Waals surface area (Å²) >= 11 is 0. The average Bonchev–Trinajstić information content (AvgIpc) is 2.15. The van der Waals surface area contributed by atoms with Crippen LogP contribution in [0.25, 0.3) is 0 Å². The van der Waals surface area contributed by atoms with E-state index < -0.39 is 29.4 Å². The summed E-state index contributed by atoms with van der Waals surface area (Å²) in [5.41, 5.74) is -1.04. The van der Waals surface area contributed by atoms with E-state index in [-0.39, 0.29) is 6.42 Å². The molecule has 0 bridgehead atoms. The third kappa shape index (κ3) is 3.07. The molecular formula is C8H7F3N2O3. The standard InChI is InChI=1S/C8H7F3N2O3/c1-2-6(15)16-5-3-4(14)12-7(13-5)8(9,10)11/h3H,2H2,1H3,(H,12,13,14). The molecule has 1 rings (SSSR count). The number of nitrogens with one attached hydrogen (secondary N) is 1. The van der Waals surface area contributed by atoms with Crippen molar-refractivity contribution in [2.75, 3.05) is 0 Å². The van der Waals surface area contributed by atoms with Gasteiger partial charge in [0, 0.05) is 6.42 Å². The Hall–Kier alpha value is -1.86. The van der Waals surface area contributed by atoms with E-state index in [1.165, 1.54) is 11.9 Å². The molecule has 0 amide bonds. The molecule has 5 nitrogen and oxygen atoms in total. The molecule has 0 unspecified atom stereocenters. The maximum absolute atomic E-state index is 12.2. The molecule has 0 saturated heterocycles. The van der Waals surface area contributed by atoms with Gasteiger partial charge in [-0.25, -0.2) is 0 Å². The number of aromatic amines is 1. The van der Waals surface area contributed by atoms with E-state index in [2.05, 4.69) is 9.72 Å². The minimum absolute atomic E-state index is 0.0319. The summed E-state index contributed by atoms with van der Waals surface area (Å²) in [6, 6.07) is 0.669. The fourth-order valence-electron chi connectivity index (χ4n) is 0.811. The van der Waals surface area contributed by atoms with Gasteiger partial charge in [-0.1, -0.05) is 6.92 Å². The molecule has 0 spiro atoms. The lowest BCUT2D eigenvalue weighted by Gasteiger charge is -2.06. The van der Waals surface area contributed by atoms with E-state index in [1.807, 2.05) is 0 Å². The molecule has 1 heterocycles. The lowest BCUT2D eigenvalue weighted by molar-refractivity contribution is -0.146. The first-order valence-corrected chi connectivity index (χ1v) is 4.22. The van der Waals surface area contributed by atoms with Gasteiger partial charge in [-0.2, -0.15) is 18.2 Å². The number of halogens is 3. The second kappa shape index (κ2) is 4.33. The lowest BCUT2D eigenvalue weighted by Crippen LogP contribution is -2.20. The molecule has 0 aliphatic heterocycles. The Labute approximate surface area is 87.3 Å². The van der Waals surface area contributed by atoms with Crippen molar-refractivity contribution in [2.45, 2.75) is 19.5 Å². The number of carbonyl (C=O) groups is 1. The third-order valence-electron chi connectivity index (χ3n) is 1.49. The molecule has 1 aromatic heterocycles. The van der Waals surface area contributed by atoms with Crippen molar-refractivity contribution in [3.8, 4) is 5.88 Å². The van der Waals surface area contributed by atoms with Gasteiger partial charge in [0.25, 0.3) is 5.56 Å². The Bertz CT molecular complexity index is 453. The summed E-state index contributed by atoms with van der Waals surface area (Å²) < 4.78 is 41.0. The van der Waals surface area contributed by atoms with Gasteiger partial charge >= 0.3 is 12.1 Å². The van der Waals surface area contributed by atoms with Crippen LogP contribution in [0.5, 0.6) is 5.88 Å². The largest absolute Gasteiger partial charge is 0.449 e. The first kappa shape index (κ1) is 12.2. The van der Waals surface area contributed by atoms with E-state index in [0.717, 1.165) is 0 Å². The molecule has 0 aliphatic carbocycles. The van der Waals surface area contributed by atoms with Gasteiger partial charge in [-0.05, 0) is 0 Å². The second-order valence-electron chi connectivity index (χ2n) is 2.76. The Morgan fingerprint density at radius 1 is 1.56 bits per heavy atom. The van der Waals surface area contributed by atoms with Crippen LogP contribution in [0.2, 0.25) is 0 Å². The zero-order chi connectivity index (χ0) is 12.3. The van der Waals surface area contributed by atoms with Gasteiger partial charge in [0.05, 0.1) is 6.07 Å². The highest BCUT2D eigenvalue weighted by Gasteiger charge is 2.34. The van der Waals surface area contributed by atoms with E-state index in [0.29, 0.717) is 6.07 Å². The quantitative estimate of drug-likeness (QED) is 0.780. The van der Waals surface area contributed by atoms with Crippen molar-refractivity contribution in [1.82, 2.24) is 9.97 Å². The third-order valence-corrected chi connectivity index (χ3v) is 1.49. The molecule has 0 aromatic carbocycles. The first-order valence-electron chi connectivity index (χ1n) is 4.22. The number of nitrogens with zero attached hydrogens (tertiary/aromatic N) is 1. The predicted octanol–water partition coefficient (Wildman–Crippen LogP) is 1.10. The molecule has 1 aromatic rings. The molecule has 0 radical (unpaired) electrons. The van der Waals surface area contributed by atoms with Crippen LogP contribution < -0.4 is 10.3 Å². The van der Waals surface area contributed by atoms with Crippen LogP contribution in [0.1, 0.15) is 19.2 Å². The van der Waals surface area contributed by atoms with Crippen LogP contribution in [0.15, 0.2) is 10.9 Å². The summed E-state index contributed by atoms with van der Waals surface area (Å²) in [4.78, 5) is 26.1. The van der Waals surface area contributed by atoms with Crippen molar-refractivity contribution in [3.63, 3.8) is 0 Å². The monoisotopic (exact) mass is 236 g/mol. The number of hydrogen-bond donors (Lipinski definition) is 1. The Morgan fingerprint density at radius 3 is 2.69 bits per heavy atom. The number of rotatable bonds is 2. The molecule has 88 valence electrons. The van der Waals surface area contributed by atoms with E-state index in [9.17, 15) is 22.8 Å². The van der Waals surface area contributed by atoms with Crippen LogP contribution in [-0.2, 0) is 11.0 Å². The molecule has 0 fully saturated rings. The highest BCUT2D eigenvalue weighted by molar-refractivity contribution is 5.71. The molecule has 16 heavy (non-hydrogen) atoms. The summed E-state index contributed by atoms with van der Waals surface area (Å²) in [5.74, 6) is -2.94. The number of esters is 1. The number of ether oxygens (including phenoxy) is 1. The zero-order valence-electron chi connectivity index (χ0n) is 8.09. The summed E-state index contributed by atoms with van der Waals surface area (Å²) in [6.07, 6.45) is -4.83. The molecule has 0 atom stereocenters. The van der Waals surface area contributed by atoms with Crippen molar-refractivity contribution in [3.05, 3.63) is 22.2 Å². The molecule has 1 N–H and O–H groups in total. The SMILES string of the molecule is CCC(=O)Oc1cc(=O)[nH]c(C(F)(F)F)n1. The minimum atomic E-state index is -4.80. The highest BCUT2D eigenvalue weighted by atomic mass is 19.4. The average molecular weight is 236 g/mol. The van der Waals surface area contributed by atoms with Crippen LogP contribution >= 0.6 is 0 Å². The molecule has 0 aliphatic rings. The van der Waals surface area contributed by atoms with Crippen LogP contribution in [0, 0.1) is 0 Å².